The Bertz CT molecular complexity index is 1090. The van der Waals surface area contributed by atoms with Gasteiger partial charge in [0, 0.05) is 28.4 Å². The lowest BCUT2D eigenvalue weighted by Crippen LogP contribution is -2.44. The molecule has 0 amide bonds. The molecule has 2 aromatic carbocycles. The number of carbonyl (C=O) groups is 1. The lowest BCUT2D eigenvalue weighted by atomic mass is 9.83. The number of carbonyl (C=O) groups excluding carboxylic acids is 1. The predicted molar refractivity (Wildman–Crippen MR) is 100 cm³/mol. The molecule has 1 aliphatic heterocycles. The standard InChI is InChI=1S/C22H16N4O/c1-22(2)10-16-7-17(12-24)18(13-25)8-19(16)20(26-22)9-21(27)15-5-3-14(11-23)4-6-15/h3-9,26H,10H2,1-2H3. The van der Waals surface area contributed by atoms with Crippen LogP contribution in [-0.2, 0) is 6.42 Å². The number of benzene rings is 2. The van der Waals surface area contributed by atoms with E-state index in [9.17, 15) is 15.3 Å². The average Bonchev–Trinajstić information content (AvgIpc) is 2.66. The van der Waals surface area contributed by atoms with Gasteiger partial charge in [0.05, 0.1) is 22.8 Å². The minimum atomic E-state index is -0.301. The maximum atomic E-state index is 12.7. The van der Waals surface area contributed by atoms with E-state index in [2.05, 4.69) is 11.4 Å². The predicted octanol–water partition coefficient (Wildman–Crippen LogP) is 3.45. The van der Waals surface area contributed by atoms with Gasteiger partial charge in [0.15, 0.2) is 5.78 Å². The van der Waals surface area contributed by atoms with Crippen LogP contribution in [0, 0.1) is 34.0 Å². The Hall–Kier alpha value is -3.88. The normalized spacial score (nSPS) is 15.6. The van der Waals surface area contributed by atoms with Gasteiger partial charge in [-0.05, 0) is 62.2 Å². The van der Waals surface area contributed by atoms with Gasteiger partial charge in [-0.15, -0.1) is 0 Å². The van der Waals surface area contributed by atoms with Gasteiger partial charge in [-0.2, -0.15) is 15.8 Å². The van der Waals surface area contributed by atoms with Crippen molar-refractivity contribution < 1.29 is 4.79 Å². The monoisotopic (exact) mass is 352 g/mol. The maximum Gasteiger partial charge on any atom is 0.187 e. The molecule has 0 bridgehead atoms. The Morgan fingerprint density at radius 2 is 1.67 bits per heavy atom. The number of nitrogens with one attached hydrogen (secondary N) is 1. The fraction of sp³-hybridized carbons (Fsp3) is 0.182. The number of hydrogen-bond acceptors (Lipinski definition) is 5. The number of nitrogens with zero attached hydrogens (tertiary/aromatic N) is 3. The Morgan fingerprint density at radius 1 is 1.04 bits per heavy atom. The third kappa shape index (κ3) is 3.56. The van der Waals surface area contributed by atoms with Gasteiger partial charge in [0.1, 0.15) is 12.1 Å². The number of nitriles is 3. The van der Waals surface area contributed by atoms with Crippen molar-refractivity contribution in [1.82, 2.24) is 5.32 Å². The van der Waals surface area contributed by atoms with Crippen molar-refractivity contribution in [3.8, 4) is 18.2 Å². The second kappa shape index (κ2) is 6.79. The summed E-state index contributed by atoms with van der Waals surface area (Å²) in [7, 11) is 0. The summed E-state index contributed by atoms with van der Waals surface area (Å²) in [6.07, 6.45) is 2.18. The molecule has 130 valence electrons. The second-order valence-corrected chi connectivity index (χ2v) is 7.08. The number of fused-ring (bicyclic) bond motifs is 1. The van der Waals surface area contributed by atoms with Crippen molar-refractivity contribution in [1.29, 1.82) is 15.8 Å². The molecule has 0 saturated carbocycles. The van der Waals surface area contributed by atoms with Crippen LogP contribution >= 0.6 is 0 Å². The summed E-state index contributed by atoms with van der Waals surface area (Å²) in [4.78, 5) is 12.7. The Balaban J connectivity index is 2.09. The SMILES string of the molecule is CC1(C)Cc2cc(C#N)c(C#N)cc2C(=CC(=O)c2ccc(C#N)cc2)N1. The van der Waals surface area contributed by atoms with Crippen LogP contribution in [0.4, 0.5) is 0 Å². The molecule has 5 heteroatoms. The minimum Gasteiger partial charge on any atom is -0.379 e. The van der Waals surface area contributed by atoms with E-state index in [1.165, 1.54) is 6.08 Å². The average molecular weight is 352 g/mol. The van der Waals surface area contributed by atoms with E-state index in [-0.39, 0.29) is 16.9 Å². The van der Waals surface area contributed by atoms with Gasteiger partial charge in [-0.3, -0.25) is 4.79 Å². The number of rotatable bonds is 2. The number of hydrogen-bond donors (Lipinski definition) is 1. The molecule has 3 rings (SSSR count). The summed E-state index contributed by atoms with van der Waals surface area (Å²) in [6.45, 7) is 4.03. The minimum absolute atomic E-state index is 0.200. The molecular formula is C22H16N4O. The molecule has 0 saturated heterocycles. The molecule has 2 aromatic rings. The van der Waals surface area contributed by atoms with Crippen LogP contribution in [-0.4, -0.2) is 11.3 Å². The fourth-order valence-corrected chi connectivity index (χ4v) is 3.22. The van der Waals surface area contributed by atoms with E-state index >= 15 is 0 Å². The summed E-state index contributed by atoms with van der Waals surface area (Å²) in [5, 5.41) is 30.8. The first-order valence-corrected chi connectivity index (χ1v) is 8.39. The van der Waals surface area contributed by atoms with Crippen molar-refractivity contribution in [2.45, 2.75) is 25.8 Å². The molecule has 1 N–H and O–H groups in total. The zero-order chi connectivity index (χ0) is 19.6. The fourth-order valence-electron chi connectivity index (χ4n) is 3.22. The van der Waals surface area contributed by atoms with Crippen LogP contribution in [0.2, 0.25) is 0 Å². The van der Waals surface area contributed by atoms with Crippen LogP contribution in [0.15, 0.2) is 42.5 Å². The summed E-state index contributed by atoms with van der Waals surface area (Å²) in [6, 6.07) is 16.0. The molecule has 1 heterocycles. The van der Waals surface area contributed by atoms with E-state index in [4.69, 9.17) is 5.26 Å². The molecule has 5 nitrogen and oxygen atoms in total. The lowest BCUT2D eigenvalue weighted by Gasteiger charge is -2.35. The number of allylic oxidation sites excluding steroid dienone is 1. The molecule has 0 atom stereocenters. The summed E-state index contributed by atoms with van der Waals surface area (Å²) in [5.74, 6) is -0.200. The largest absolute Gasteiger partial charge is 0.379 e. The molecule has 0 spiro atoms. The third-order valence-corrected chi connectivity index (χ3v) is 4.45. The highest BCUT2D eigenvalue weighted by atomic mass is 16.1. The Morgan fingerprint density at radius 3 is 2.26 bits per heavy atom. The first-order valence-electron chi connectivity index (χ1n) is 8.39. The first-order chi connectivity index (χ1) is 12.9. The van der Waals surface area contributed by atoms with E-state index in [0.29, 0.717) is 28.8 Å². The second-order valence-electron chi connectivity index (χ2n) is 7.08. The van der Waals surface area contributed by atoms with Crippen LogP contribution in [0.3, 0.4) is 0 Å². The summed E-state index contributed by atoms with van der Waals surface area (Å²) >= 11 is 0. The van der Waals surface area contributed by atoms with Crippen molar-refractivity contribution in [2.24, 2.45) is 0 Å². The lowest BCUT2D eigenvalue weighted by molar-refractivity contribution is 0.104. The van der Waals surface area contributed by atoms with Gasteiger partial charge in [-0.1, -0.05) is 0 Å². The van der Waals surface area contributed by atoms with Gasteiger partial charge in [-0.25, -0.2) is 0 Å². The van der Waals surface area contributed by atoms with Crippen molar-refractivity contribution >= 4 is 11.5 Å². The highest BCUT2D eigenvalue weighted by Gasteiger charge is 2.29. The van der Waals surface area contributed by atoms with E-state index < -0.39 is 0 Å². The van der Waals surface area contributed by atoms with Gasteiger partial charge >= 0.3 is 0 Å². The molecule has 0 aliphatic carbocycles. The van der Waals surface area contributed by atoms with Gasteiger partial charge in [0.25, 0.3) is 0 Å². The van der Waals surface area contributed by atoms with Gasteiger partial charge in [0.2, 0.25) is 0 Å². The van der Waals surface area contributed by atoms with Crippen LogP contribution in [0.25, 0.3) is 5.70 Å². The summed E-state index contributed by atoms with van der Waals surface area (Å²) < 4.78 is 0. The highest BCUT2D eigenvalue weighted by Crippen LogP contribution is 2.32. The topological polar surface area (TPSA) is 100 Å². The third-order valence-electron chi connectivity index (χ3n) is 4.45. The number of ketones is 1. The molecule has 0 unspecified atom stereocenters. The molecule has 0 aromatic heterocycles. The molecular weight excluding hydrogens is 336 g/mol. The highest BCUT2D eigenvalue weighted by molar-refractivity contribution is 6.08. The smallest absolute Gasteiger partial charge is 0.187 e. The van der Waals surface area contributed by atoms with E-state index in [1.54, 1.807) is 36.4 Å². The molecule has 27 heavy (non-hydrogen) atoms. The van der Waals surface area contributed by atoms with E-state index in [0.717, 1.165) is 11.1 Å². The van der Waals surface area contributed by atoms with E-state index in [1.807, 2.05) is 26.0 Å². The van der Waals surface area contributed by atoms with Gasteiger partial charge < -0.3 is 5.32 Å². The Labute approximate surface area is 157 Å². The van der Waals surface area contributed by atoms with Crippen LogP contribution in [0.1, 0.15) is 52.0 Å². The van der Waals surface area contributed by atoms with Crippen molar-refractivity contribution in [3.05, 3.63) is 75.9 Å². The Kier molecular flexibility index (Phi) is 4.51. The molecule has 0 fully saturated rings. The van der Waals surface area contributed by atoms with Crippen molar-refractivity contribution in [2.75, 3.05) is 0 Å². The first kappa shape index (κ1) is 17.9. The molecule has 0 radical (unpaired) electrons. The zero-order valence-electron chi connectivity index (χ0n) is 15.0. The molecule has 1 aliphatic rings. The van der Waals surface area contributed by atoms with Crippen LogP contribution in [0.5, 0.6) is 0 Å². The summed E-state index contributed by atoms with van der Waals surface area (Å²) in [5.41, 5.74) is 3.59. The maximum absolute atomic E-state index is 12.7. The zero-order valence-corrected chi connectivity index (χ0v) is 15.0. The quantitative estimate of drug-likeness (QED) is 0.659. The van der Waals surface area contributed by atoms with Crippen molar-refractivity contribution in [3.63, 3.8) is 0 Å². The van der Waals surface area contributed by atoms with Crippen LogP contribution < -0.4 is 5.32 Å².